The molecule has 0 atom stereocenters. The third-order valence-corrected chi connectivity index (χ3v) is 5.04. The topological polar surface area (TPSA) is 114 Å². The Kier molecular flexibility index (Phi) is 7.24. The smallest absolute Gasteiger partial charge is 0.234 e. The fourth-order valence-electron chi connectivity index (χ4n) is 2.76. The molecule has 31 heavy (non-hydrogen) atoms. The summed E-state index contributed by atoms with van der Waals surface area (Å²) in [6.45, 7) is 3.92. The summed E-state index contributed by atoms with van der Waals surface area (Å²) in [7, 11) is 3.10. The first kappa shape index (κ1) is 22.3. The van der Waals surface area contributed by atoms with Gasteiger partial charge in [-0.05, 0) is 26.0 Å². The van der Waals surface area contributed by atoms with E-state index in [4.69, 9.17) is 20.1 Å². The highest BCUT2D eigenvalue weighted by Crippen LogP contribution is 2.27. The van der Waals surface area contributed by atoms with Crippen molar-refractivity contribution < 1.29 is 19.0 Å². The van der Waals surface area contributed by atoms with E-state index in [1.54, 1.807) is 32.4 Å². The number of methoxy groups -OCH3 is 2. The van der Waals surface area contributed by atoms with Gasteiger partial charge in [0.15, 0.2) is 5.82 Å². The molecule has 3 rings (SSSR count). The second kappa shape index (κ2) is 10.1. The Bertz CT molecular complexity index is 1030. The van der Waals surface area contributed by atoms with Crippen molar-refractivity contribution in [3.8, 4) is 28.6 Å². The highest BCUT2D eigenvalue weighted by atomic mass is 32.2. The molecule has 0 saturated carbocycles. The number of amides is 1. The minimum Gasteiger partial charge on any atom is -0.497 e. The predicted octanol–water partition coefficient (Wildman–Crippen LogP) is 3.19. The van der Waals surface area contributed by atoms with Crippen molar-refractivity contribution in [3.63, 3.8) is 0 Å². The van der Waals surface area contributed by atoms with Gasteiger partial charge in [0.1, 0.15) is 17.2 Å². The fraction of sp³-hybridized carbons (Fsp3) is 0.286. The van der Waals surface area contributed by atoms with Gasteiger partial charge in [-0.1, -0.05) is 23.9 Å². The zero-order valence-electron chi connectivity index (χ0n) is 17.8. The van der Waals surface area contributed by atoms with Gasteiger partial charge in [0.2, 0.25) is 11.1 Å². The van der Waals surface area contributed by atoms with E-state index in [1.807, 2.05) is 38.1 Å². The highest BCUT2D eigenvalue weighted by Gasteiger charge is 2.15. The summed E-state index contributed by atoms with van der Waals surface area (Å²) in [5.74, 6) is 8.41. The number of benzene rings is 2. The van der Waals surface area contributed by atoms with E-state index in [-0.39, 0.29) is 17.8 Å². The monoisotopic (exact) mass is 443 g/mol. The molecule has 0 spiro atoms. The number of thioether (sulfide) groups is 1. The Hall–Kier alpha value is -3.40. The van der Waals surface area contributed by atoms with Gasteiger partial charge < -0.3 is 25.4 Å². The minimum atomic E-state index is -0.225. The lowest BCUT2D eigenvalue weighted by molar-refractivity contribution is -0.113. The lowest BCUT2D eigenvalue weighted by Gasteiger charge is -2.11. The second-order valence-corrected chi connectivity index (χ2v) is 7.75. The third kappa shape index (κ3) is 5.82. The van der Waals surface area contributed by atoms with E-state index in [2.05, 4.69) is 15.5 Å². The minimum absolute atomic E-state index is 0.0557. The molecule has 3 N–H and O–H groups in total. The van der Waals surface area contributed by atoms with Crippen LogP contribution in [0.4, 0.5) is 5.69 Å². The van der Waals surface area contributed by atoms with Crippen molar-refractivity contribution >= 4 is 23.4 Å². The number of hydrogen-bond donors (Lipinski definition) is 2. The van der Waals surface area contributed by atoms with Crippen LogP contribution in [-0.2, 0) is 4.79 Å². The average Bonchev–Trinajstić information content (AvgIpc) is 3.12. The number of nitrogens with one attached hydrogen (secondary N) is 1. The SMILES string of the molecule is COc1cc(NC(=O)CSc2nnc(-c3cccc(OC(C)C)c3)n2N)cc(OC)c1. The van der Waals surface area contributed by atoms with Gasteiger partial charge in [-0.3, -0.25) is 4.79 Å². The van der Waals surface area contributed by atoms with Crippen molar-refractivity contribution in [2.75, 3.05) is 31.1 Å². The van der Waals surface area contributed by atoms with Crippen LogP contribution in [0.25, 0.3) is 11.4 Å². The Labute approximate surface area is 184 Å². The summed E-state index contributed by atoms with van der Waals surface area (Å²) >= 11 is 1.18. The molecule has 0 aliphatic heterocycles. The standard InChI is InChI=1S/C21H25N5O4S/c1-13(2)30-16-7-5-6-14(8-16)20-24-25-21(26(20)22)31-12-19(27)23-15-9-17(28-3)11-18(10-15)29-4/h5-11,13H,12,22H2,1-4H3,(H,23,27). The van der Waals surface area contributed by atoms with Gasteiger partial charge in [0.05, 0.1) is 26.1 Å². The average molecular weight is 444 g/mol. The largest absolute Gasteiger partial charge is 0.497 e. The first-order valence-corrected chi connectivity index (χ1v) is 10.5. The van der Waals surface area contributed by atoms with E-state index >= 15 is 0 Å². The zero-order valence-corrected chi connectivity index (χ0v) is 18.6. The van der Waals surface area contributed by atoms with Gasteiger partial charge in [-0.15, -0.1) is 10.2 Å². The number of ether oxygens (including phenoxy) is 3. The van der Waals surface area contributed by atoms with Crippen molar-refractivity contribution in [2.45, 2.75) is 25.1 Å². The number of aromatic nitrogens is 3. The number of hydrogen-bond acceptors (Lipinski definition) is 8. The van der Waals surface area contributed by atoms with E-state index in [9.17, 15) is 4.79 Å². The van der Waals surface area contributed by atoms with Gasteiger partial charge in [0, 0.05) is 29.4 Å². The van der Waals surface area contributed by atoms with Crippen LogP contribution in [0, 0.1) is 0 Å². The molecule has 0 radical (unpaired) electrons. The van der Waals surface area contributed by atoms with Crippen LogP contribution in [0.1, 0.15) is 13.8 Å². The normalized spacial score (nSPS) is 10.7. The molecule has 1 heterocycles. The molecule has 10 heteroatoms. The van der Waals surface area contributed by atoms with Gasteiger partial charge in [-0.25, -0.2) is 4.68 Å². The lowest BCUT2D eigenvalue weighted by atomic mass is 10.2. The number of nitrogens with two attached hydrogens (primary N) is 1. The summed E-state index contributed by atoms with van der Waals surface area (Å²) in [5.41, 5.74) is 1.34. The molecule has 164 valence electrons. The molecule has 0 bridgehead atoms. The van der Waals surface area contributed by atoms with Crippen LogP contribution in [0.3, 0.4) is 0 Å². The predicted molar refractivity (Wildman–Crippen MR) is 120 cm³/mol. The van der Waals surface area contributed by atoms with Crippen molar-refractivity contribution in [3.05, 3.63) is 42.5 Å². The van der Waals surface area contributed by atoms with Crippen molar-refractivity contribution in [1.82, 2.24) is 14.9 Å². The second-order valence-electron chi connectivity index (χ2n) is 6.81. The highest BCUT2D eigenvalue weighted by molar-refractivity contribution is 7.99. The number of anilines is 1. The third-order valence-electron chi connectivity index (χ3n) is 4.10. The maximum Gasteiger partial charge on any atom is 0.234 e. The summed E-state index contributed by atoms with van der Waals surface area (Å²) in [5, 5.41) is 11.5. The van der Waals surface area contributed by atoms with Gasteiger partial charge in [-0.2, -0.15) is 0 Å². The fourth-order valence-corrected chi connectivity index (χ4v) is 3.42. The number of nitrogens with zero attached hydrogens (tertiary/aromatic N) is 3. The molecule has 0 saturated heterocycles. The first-order valence-electron chi connectivity index (χ1n) is 9.53. The summed E-state index contributed by atoms with van der Waals surface area (Å²) in [4.78, 5) is 12.4. The molecular weight excluding hydrogens is 418 g/mol. The number of nitrogen functional groups attached to an aromatic ring is 1. The molecule has 1 aromatic heterocycles. The Morgan fingerprint density at radius 1 is 1.10 bits per heavy atom. The number of carbonyl (C=O) groups excluding carboxylic acids is 1. The zero-order chi connectivity index (χ0) is 22.4. The maximum absolute atomic E-state index is 12.4. The maximum atomic E-state index is 12.4. The summed E-state index contributed by atoms with van der Waals surface area (Å²) in [6, 6.07) is 12.6. The van der Waals surface area contributed by atoms with Crippen molar-refractivity contribution in [1.29, 1.82) is 0 Å². The molecule has 0 aliphatic rings. The van der Waals surface area contributed by atoms with E-state index in [0.717, 1.165) is 11.3 Å². The molecule has 0 unspecified atom stereocenters. The molecule has 1 amide bonds. The van der Waals surface area contributed by atoms with Gasteiger partial charge >= 0.3 is 0 Å². The number of rotatable bonds is 9. The lowest BCUT2D eigenvalue weighted by Crippen LogP contribution is -2.16. The molecule has 3 aromatic rings. The Morgan fingerprint density at radius 3 is 2.45 bits per heavy atom. The Morgan fingerprint density at radius 2 is 1.81 bits per heavy atom. The van der Waals surface area contributed by atoms with Crippen LogP contribution in [0.5, 0.6) is 17.2 Å². The quantitative estimate of drug-likeness (QED) is 0.383. The van der Waals surface area contributed by atoms with E-state index in [0.29, 0.717) is 28.2 Å². The number of carbonyl (C=O) groups is 1. The first-order chi connectivity index (χ1) is 14.9. The van der Waals surface area contributed by atoms with Crippen LogP contribution in [-0.4, -0.2) is 46.9 Å². The molecule has 0 fully saturated rings. The van der Waals surface area contributed by atoms with Crippen LogP contribution >= 0.6 is 11.8 Å². The summed E-state index contributed by atoms with van der Waals surface area (Å²) in [6.07, 6.45) is 0.0557. The van der Waals surface area contributed by atoms with Crippen molar-refractivity contribution in [2.24, 2.45) is 0 Å². The van der Waals surface area contributed by atoms with Gasteiger partial charge in [0.25, 0.3) is 0 Å². The van der Waals surface area contributed by atoms with E-state index in [1.165, 1.54) is 16.4 Å². The molecule has 2 aromatic carbocycles. The van der Waals surface area contributed by atoms with Crippen LogP contribution in [0.2, 0.25) is 0 Å². The van der Waals surface area contributed by atoms with E-state index < -0.39 is 0 Å². The van der Waals surface area contributed by atoms with Crippen LogP contribution in [0.15, 0.2) is 47.6 Å². The van der Waals surface area contributed by atoms with Crippen LogP contribution < -0.4 is 25.4 Å². The summed E-state index contributed by atoms with van der Waals surface area (Å²) < 4.78 is 17.5. The molecule has 9 nitrogen and oxygen atoms in total. The molecule has 0 aliphatic carbocycles. The molecular formula is C21H25N5O4S. The Balaban J connectivity index is 1.66.